The van der Waals surface area contributed by atoms with E-state index in [2.05, 4.69) is 26.9 Å². The highest BCUT2D eigenvalue weighted by atomic mass is 32.2. The number of hydrogen-bond donors (Lipinski definition) is 0. The van der Waals surface area contributed by atoms with Crippen molar-refractivity contribution in [2.75, 3.05) is 37.7 Å². The molecule has 3 heterocycles. The SMILES string of the molecule is O=C(c1ccc(Cn2ccnc2)cc1)N1CCCSCC1CN1CCCCC1. The molecule has 2 aliphatic rings. The predicted molar refractivity (Wildman–Crippen MR) is 115 cm³/mol. The van der Waals surface area contributed by atoms with E-state index in [9.17, 15) is 4.79 Å². The van der Waals surface area contributed by atoms with Crippen molar-refractivity contribution < 1.29 is 4.79 Å². The number of rotatable bonds is 5. The molecule has 150 valence electrons. The molecule has 2 aromatic rings. The minimum Gasteiger partial charge on any atom is -0.334 e. The van der Waals surface area contributed by atoms with Crippen LogP contribution in [-0.4, -0.2) is 69.0 Å². The number of benzene rings is 1. The van der Waals surface area contributed by atoms with Crippen molar-refractivity contribution in [3.05, 3.63) is 54.1 Å². The summed E-state index contributed by atoms with van der Waals surface area (Å²) >= 11 is 2.00. The summed E-state index contributed by atoms with van der Waals surface area (Å²) in [6, 6.07) is 8.44. The third kappa shape index (κ3) is 4.97. The van der Waals surface area contributed by atoms with Crippen molar-refractivity contribution in [1.82, 2.24) is 19.4 Å². The van der Waals surface area contributed by atoms with Gasteiger partial charge in [-0.15, -0.1) is 0 Å². The van der Waals surface area contributed by atoms with Crippen LogP contribution in [0, 0.1) is 0 Å². The average molecular weight is 399 g/mol. The van der Waals surface area contributed by atoms with Gasteiger partial charge in [0.2, 0.25) is 0 Å². The molecule has 1 atom stereocenters. The van der Waals surface area contributed by atoms with E-state index >= 15 is 0 Å². The highest BCUT2D eigenvalue weighted by Gasteiger charge is 2.28. The van der Waals surface area contributed by atoms with Crippen LogP contribution in [0.4, 0.5) is 0 Å². The number of aromatic nitrogens is 2. The van der Waals surface area contributed by atoms with Gasteiger partial charge in [0, 0.05) is 43.3 Å². The van der Waals surface area contributed by atoms with E-state index in [1.165, 1.54) is 37.9 Å². The first-order chi connectivity index (χ1) is 13.8. The number of thioether (sulfide) groups is 1. The number of imidazole rings is 1. The first-order valence-electron chi connectivity index (χ1n) is 10.5. The second-order valence-corrected chi connectivity index (χ2v) is 9.02. The van der Waals surface area contributed by atoms with Gasteiger partial charge in [0.15, 0.2) is 0 Å². The fourth-order valence-corrected chi connectivity index (χ4v) is 5.25. The van der Waals surface area contributed by atoms with Crippen LogP contribution in [0.25, 0.3) is 0 Å². The van der Waals surface area contributed by atoms with Gasteiger partial charge < -0.3 is 14.4 Å². The summed E-state index contributed by atoms with van der Waals surface area (Å²) in [5.74, 6) is 2.41. The maximum absolute atomic E-state index is 13.3. The van der Waals surface area contributed by atoms with E-state index in [1.54, 1.807) is 6.20 Å². The molecule has 2 aliphatic heterocycles. The molecule has 2 saturated heterocycles. The van der Waals surface area contributed by atoms with Crippen LogP contribution in [0.2, 0.25) is 0 Å². The molecule has 1 amide bonds. The molecule has 5 nitrogen and oxygen atoms in total. The highest BCUT2D eigenvalue weighted by molar-refractivity contribution is 7.99. The van der Waals surface area contributed by atoms with Crippen LogP contribution >= 0.6 is 11.8 Å². The lowest BCUT2D eigenvalue weighted by atomic mass is 10.1. The summed E-state index contributed by atoms with van der Waals surface area (Å²) in [6.07, 6.45) is 10.6. The Morgan fingerprint density at radius 3 is 2.64 bits per heavy atom. The highest BCUT2D eigenvalue weighted by Crippen LogP contribution is 2.21. The van der Waals surface area contributed by atoms with Crippen molar-refractivity contribution in [2.24, 2.45) is 0 Å². The van der Waals surface area contributed by atoms with Gasteiger partial charge >= 0.3 is 0 Å². The van der Waals surface area contributed by atoms with Crippen LogP contribution in [0.15, 0.2) is 43.0 Å². The van der Waals surface area contributed by atoms with Crippen LogP contribution in [0.5, 0.6) is 0 Å². The Kier molecular flexibility index (Phi) is 6.70. The molecule has 1 unspecified atom stereocenters. The number of carbonyl (C=O) groups is 1. The molecular weight excluding hydrogens is 368 g/mol. The lowest BCUT2D eigenvalue weighted by Gasteiger charge is -2.35. The number of amides is 1. The molecule has 1 aromatic carbocycles. The minimum absolute atomic E-state index is 0.193. The molecule has 0 N–H and O–H groups in total. The zero-order chi connectivity index (χ0) is 19.2. The molecule has 0 saturated carbocycles. The Hall–Kier alpha value is -1.79. The zero-order valence-corrected chi connectivity index (χ0v) is 17.3. The standard InChI is InChI=1S/C22H30N4OS/c27-22(20-7-5-19(6-8-20)15-25-13-9-23-18-25)26-12-4-14-28-17-21(26)16-24-10-2-1-3-11-24/h5-9,13,18,21H,1-4,10-12,14-17H2. The van der Waals surface area contributed by atoms with E-state index < -0.39 is 0 Å². The molecule has 28 heavy (non-hydrogen) atoms. The van der Waals surface area contributed by atoms with Gasteiger partial charge in [-0.05, 0) is 55.8 Å². The predicted octanol–water partition coefficient (Wildman–Crippen LogP) is 3.37. The Balaban J connectivity index is 1.44. The second kappa shape index (κ2) is 9.61. The second-order valence-electron chi connectivity index (χ2n) is 7.87. The summed E-state index contributed by atoms with van der Waals surface area (Å²) in [6.45, 7) is 5.06. The number of likely N-dealkylation sites (tertiary alicyclic amines) is 1. The molecule has 0 aliphatic carbocycles. The van der Waals surface area contributed by atoms with Crippen molar-refractivity contribution in [1.29, 1.82) is 0 Å². The molecule has 4 rings (SSSR count). The summed E-state index contributed by atoms with van der Waals surface area (Å²) in [7, 11) is 0. The van der Waals surface area contributed by atoms with Crippen molar-refractivity contribution in [2.45, 2.75) is 38.3 Å². The number of nitrogens with zero attached hydrogens (tertiary/aromatic N) is 4. The van der Waals surface area contributed by atoms with Crippen molar-refractivity contribution >= 4 is 17.7 Å². The van der Waals surface area contributed by atoms with Crippen LogP contribution in [0.3, 0.4) is 0 Å². The summed E-state index contributed by atoms with van der Waals surface area (Å²) in [5.41, 5.74) is 2.00. The quantitative estimate of drug-likeness (QED) is 0.774. The lowest BCUT2D eigenvalue weighted by Crippen LogP contribution is -2.49. The van der Waals surface area contributed by atoms with E-state index in [4.69, 9.17) is 0 Å². The Morgan fingerprint density at radius 2 is 1.89 bits per heavy atom. The van der Waals surface area contributed by atoms with Crippen LogP contribution in [-0.2, 0) is 6.54 Å². The molecule has 0 spiro atoms. The average Bonchev–Trinajstić information content (AvgIpc) is 3.13. The van der Waals surface area contributed by atoms with Gasteiger partial charge in [0.25, 0.3) is 5.91 Å². The maximum atomic E-state index is 13.3. The molecule has 6 heteroatoms. The minimum atomic E-state index is 0.193. The summed E-state index contributed by atoms with van der Waals surface area (Å²) in [4.78, 5) is 22.1. The first-order valence-corrected chi connectivity index (χ1v) is 11.6. The smallest absolute Gasteiger partial charge is 0.254 e. The Morgan fingerprint density at radius 1 is 1.07 bits per heavy atom. The molecule has 1 aromatic heterocycles. The maximum Gasteiger partial charge on any atom is 0.254 e. The monoisotopic (exact) mass is 398 g/mol. The lowest BCUT2D eigenvalue weighted by molar-refractivity contribution is 0.0645. The van der Waals surface area contributed by atoms with Gasteiger partial charge in [-0.1, -0.05) is 18.6 Å². The van der Waals surface area contributed by atoms with E-state index in [-0.39, 0.29) is 5.91 Å². The van der Waals surface area contributed by atoms with Gasteiger partial charge in [-0.2, -0.15) is 11.8 Å². The number of carbonyl (C=O) groups excluding carboxylic acids is 1. The Bertz CT molecular complexity index is 740. The first kappa shape index (κ1) is 19.5. The molecule has 2 fully saturated rings. The van der Waals surface area contributed by atoms with E-state index in [1.807, 2.05) is 41.0 Å². The molecule has 0 radical (unpaired) electrons. The van der Waals surface area contributed by atoms with Gasteiger partial charge in [0.1, 0.15) is 0 Å². The van der Waals surface area contributed by atoms with E-state index in [0.717, 1.165) is 43.1 Å². The van der Waals surface area contributed by atoms with E-state index in [0.29, 0.717) is 6.04 Å². The van der Waals surface area contributed by atoms with Gasteiger partial charge in [-0.3, -0.25) is 4.79 Å². The van der Waals surface area contributed by atoms with Crippen LogP contribution in [0.1, 0.15) is 41.6 Å². The fourth-order valence-electron chi connectivity index (χ4n) is 4.20. The van der Waals surface area contributed by atoms with Gasteiger partial charge in [-0.25, -0.2) is 4.98 Å². The van der Waals surface area contributed by atoms with Crippen molar-refractivity contribution in [3.63, 3.8) is 0 Å². The summed E-state index contributed by atoms with van der Waals surface area (Å²) < 4.78 is 2.04. The zero-order valence-electron chi connectivity index (χ0n) is 16.5. The normalized spacial score (nSPS) is 21.4. The largest absolute Gasteiger partial charge is 0.334 e. The third-order valence-electron chi connectivity index (χ3n) is 5.74. The number of hydrogen-bond acceptors (Lipinski definition) is 4. The number of piperidine rings is 1. The van der Waals surface area contributed by atoms with Crippen LogP contribution < -0.4 is 0 Å². The summed E-state index contributed by atoms with van der Waals surface area (Å²) in [5, 5.41) is 0. The van der Waals surface area contributed by atoms with Crippen molar-refractivity contribution in [3.8, 4) is 0 Å². The topological polar surface area (TPSA) is 41.4 Å². The van der Waals surface area contributed by atoms with Gasteiger partial charge in [0.05, 0.1) is 12.4 Å². The molecule has 0 bridgehead atoms. The molecular formula is C22H30N4OS. The third-order valence-corrected chi connectivity index (χ3v) is 6.94. The fraction of sp³-hybridized carbons (Fsp3) is 0.545. The Labute approximate surface area is 172 Å².